The summed E-state index contributed by atoms with van der Waals surface area (Å²) in [6.45, 7) is 1.76. The second kappa shape index (κ2) is 11.3. The van der Waals surface area contributed by atoms with Crippen molar-refractivity contribution in [2.45, 2.75) is 25.6 Å². The van der Waals surface area contributed by atoms with Crippen molar-refractivity contribution in [3.8, 4) is 10.6 Å². The molecule has 1 unspecified atom stereocenters. The lowest BCUT2D eigenvalue weighted by Gasteiger charge is -2.30. The van der Waals surface area contributed by atoms with Gasteiger partial charge in [-0.1, -0.05) is 78.1 Å². The SMILES string of the molecule is CC(c1ccccc1)N(CCC(=O)Nc1nnc(-c2ccccc2)s1)C(=O)c1cccc(C(F)(F)F)c1. The number of hydrogen-bond acceptors (Lipinski definition) is 5. The lowest BCUT2D eigenvalue weighted by Crippen LogP contribution is -2.36. The number of carbonyl (C=O) groups is 2. The fourth-order valence-corrected chi connectivity index (χ4v) is 4.52. The maximum atomic E-state index is 13.4. The molecule has 1 aromatic heterocycles. The third-order valence-corrected chi connectivity index (χ3v) is 6.61. The number of nitrogens with zero attached hydrogens (tertiary/aromatic N) is 3. The molecule has 0 fully saturated rings. The molecular formula is C27H23F3N4O2S. The number of benzene rings is 3. The van der Waals surface area contributed by atoms with E-state index in [0.29, 0.717) is 10.1 Å². The molecule has 0 aliphatic carbocycles. The molecule has 0 spiro atoms. The van der Waals surface area contributed by atoms with Crippen LogP contribution in [-0.2, 0) is 11.0 Å². The van der Waals surface area contributed by atoms with E-state index >= 15 is 0 Å². The van der Waals surface area contributed by atoms with Crippen LogP contribution in [0.1, 0.15) is 40.9 Å². The van der Waals surface area contributed by atoms with Gasteiger partial charge in [-0.25, -0.2) is 0 Å². The molecule has 0 saturated heterocycles. The Kier molecular flexibility index (Phi) is 7.98. The van der Waals surface area contributed by atoms with Crippen molar-refractivity contribution in [2.75, 3.05) is 11.9 Å². The lowest BCUT2D eigenvalue weighted by atomic mass is 10.0. The first kappa shape index (κ1) is 26.0. The van der Waals surface area contributed by atoms with Crippen molar-refractivity contribution < 1.29 is 22.8 Å². The van der Waals surface area contributed by atoms with Gasteiger partial charge < -0.3 is 10.2 Å². The number of halogens is 3. The van der Waals surface area contributed by atoms with Gasteiger partial charge in [-0.05, 0) is 30.7 Å². The van der Waals surface area contributed by atoms with E-state index in [0.717, 1.165) is 23.3 Å². The first-order valence-electron chi connectivity index (χ1n) is 11.4. The van der Waals surface area contributed by atoms with Gasteiger partial charge >= 0.3 is 6.18 Å². The minimum atomic E-state index is -4.58. The topological polar surface area (TPSA) is 75.2 Å². The number of anilines is 1. The molecule has 6 nitrogen and oxygen atoms in total. The summed E-state index contributed by atoms with van der Waals surface area (Å²) in [6, 6.07) is 22.3. The van der Waals surface area contributed by atoms with Crippen molar-refractivity contribution in [3.05, 3.63) is 102 Å². The van der Waals surface area contributed by atoms with Gasteiger partial charge in [0.25, 0.3) is 5.91 Å². The number of nitrogens with one attached hydrogen (secondary N) is 1. The van der Waals surface area contributed by atoms with Gasteiger partial charge in [0.15, 0.2) is 0 Å². The Balaban J connectivity index is 1.50. The summed E-state index contributed by atoms with van der Waals surface area (Å²) < 4.78 is 39.7. The lowest BCUT2D eigenvalue weighted by molar-refractivity contribution is -0.137. The molecule has 0 saturated carbocycles. The Morgan fingerprint density at radius 1 is 0.946 bits per heavy atom. The largest absolute Gasteiger partial charge is 0.416 e. The predicted octanol–water partition coefficient (Wildman–Crippen LogP) is 6.46. The molecule has 10 heteroatoms. The van der Waals surface area contributed by atoms with Gasteiger partial charge in [0, 0.05) is 24.1 Å². The molecule has 190 valence electrons. The Labute approximate surface area is 215 Å². The molecule has 2 amide bonds. The monoisotopic (exact) mass is 524 g/mol. The first-order valence-corrected chi connectivity index (χ1v) is 12.3. The Morgan fingerprint density at radius 3 is 2.30 bits per heavy atom. The van der Waals surface area contributed by atoms with E-state index in [4.69, 9.17) is 0 Å². The molecule has 37 heavy (non-hydrogen) atoms. The average Bonchev–Trinajstić information content (AvgIpc) is 3.37. The van der Waals surface area contributed by atoms with Crippen LogP contribution in [0, 0.1) is 0 Å². The highest BCUT2D eigenvalue weighted by molar-refractivity contribution is 7.18. The van der Waals surface area contributed by atoms with Crippen LogP contribution in [0.4, 0.5) is 18.3 Å². The van der Waals surface area contributed by atoms with Crippen molar-refractivity contribution in [1.29, 1.82) is 0 Å². The first-order chi connectivity index (χ1) is 17.7. The van der Waals surface area contributed by atoms with Crippen LogP contribution in [0.25, 0.3) is 10.6 Å². The van der Waals surface area contributed by atoms with E-state index in [-0.39, 0.29) is 18.5 Å². The van der Waals surface area contributed by atoms with E-state index in [1.807, 2.05) is 60.7 Å². The number of alkyl halides is 3. The molecule has 1 heterocycles. The molecule has 4 aromatic rings. The number of aromatic nitrogens is 2. The van der Waals surface area contributed by atoms with E-state index < -0.39 is 29.6 Å². The van der Waals surface area contributed by atoms with Crippen LogP contribution < -0.4 is 5.32 Å². The van der Waals surface area contributed by atoms with E-state index in [1.165, 1.54) is 28.4 Å². The minimum absolute atomic E-state index is 0.0126. The summed E-state index contributed by atoms with van der Waals surface area (Å²) in [6.07, 6.45) is -4.66. The Hall–Kier alpha value is -4.05. The summed E-state index contributed by atoms with van der Waals surface area (Å²) in [4.78, 5) is 27.5. The molecule has 0 radical (unpaired) electrons. The van der Waals surface area contributed by atoms with Crippen LogP contribution in [-0.4, -0.2) is 33.5 Å². The maximum absolute atomic E-state index is 13.4. The standard InChI is InChI=1S/C27H23F3N4O2S/c1-18(19-9-4-2-5-10-19)34(25(36)21-13-8-14-22(17-21)27(28,29)30)16-15-23(35)31-26-33-32-24(37-26)20-11-6-3-7-12-20/h2-14,17-18H,15-16H2,1H3,(H,31,33,35). The van der Waals surface area contributed by atoms with Crippen LogP contribution in [0.5, 0.6) is 0 Å². The molecule has 0 bridgehead atoms. The van der Waals surface area contributed by atoms with E-state index in [9.17, 15) is 22.8 Å². The summed E-state index contributed by atoms with van der Waals surface area (Å²) in [5.74, 6) is -0.990. The quantitative estimate of drug-likeness (QED) is 0.287. The van der Waals surface area contributed by atoms with Gasteiger partial charge in [0.05, 0.1) is 11.6 Å². The molecule has 3 aromatic carbocycles. The van der Waals surface area contributed by atoms with Crippen LogP contribution >= 0.6 is 11.3 Å². The highest BCUT2D eigenvalue weighted by atomic mass is 32.1. The fraction of sp³-hybridized carbons (Fsp3) is 0.185. The van der Waals surface area contributed by atoms with Crippen molar-refractivity contribution in [2.24, 2.45) is 0 Å². The molecule has 1 atom stereocenters. The molecule has 0 aliphatic heterocycles. The number of carbonyl (C=O) groups excluding carboxylic acids is 2. The Bertz CT molecular complexity index is 1360. The molecule has 4 rings (SSSR count). The molecular weight excluding hydrogens is 501 g/mol. The van der Waals surface area contributed by atoms with Gasteiger partial charge in [0.2, 0.25) is 11.0 Å². The number of amides is 2. The maximum Gasteiger partial charge on any atom is 0.416 e. The summed E-state index contributed by atoms with van der Waals surface area (Å²) in [5, 5.41) is 11.8. The van der Waals surface area contributed by atoms with Gasteiger partial charge in [-0.15, -0.1) is 10.2 Å². The second-order valence-corrected chi connectivity index (χ2v) is 9.22. The van der Waals surface area contributed by atoms with Crippen molar-refractivity contribution >= 4 is 28.3 Å². The number of hydrogen-bond donors (Lipinski definition) is 1. The third kappa shape index (κ3) is 6.59. The zero-order valence-corrected chi connectivity index (χ0v) is 20.6. The van der Waals surface area contributed by atoms with Gasteiger partial charge in [-0.3, -0.25) is 9.59 Å². The van der Waals surface area contributed by atoms with Crippen molar-refractivity contribution in [1.82, 2.24) is 15.1 Å². The Morgan fingerprint density at radius 2 is 1.62 bits per heavy atom. The smallest absolute Gasteiger partial charge is 0.331 e. The highest BCUT2D eigenvalue weighted by Crippen LogP contribution is 2.31. The van der Waals surface area contributed by atoms with Crippen molar-refractivity contribution in [3.63, 3.8) is 0 Å². The van der Waals surface area contributed by atoms with Crippen LogP contribution in [0.15, 0.2) is 84.9 Å². The van der Waals surface area contributed by atoms with Gasteiger partial charge in [0.1, 0.15) is 5.01 Å². The minimum Gasteiger partial charge on any atom is -0.331 e. The zero-order valence-electron chi connectivity index (χ0n) is 19.8. The third-order valence-electron chi connectivity index (χ3n) is 5.72. The van der Waals surface area contributed by atoms with Crippen LogP contribution in [0.2, 0.25) is 0 Å². The second-order valence-electron chi connectivity index (χ2n) is 8.24. The fourth-order valence-electron chi connectivity index (χ4n) is 3.75. The predicted molar refractivity (Wildman–Crippen MR) is 136 cm³/mol. The van der Waals surface area contributed by atoms with E-state index in [1.54, 1.807) is 6.92 Å². The summed E-state index contributed by atoms with van der Waals surface area (Å²) in [5.41, 5.74) is 0.651. The average molecular weight is 525 g/mol. The van der Waals surface area contributed by atoms with Gasteiger partial charge in [-0.2, -0.15) is 13.2 Å². The number of rotatable bonds is 8. The summed E-state index contributed by atoms with van der Waals surface area (Å²) >= 11 is 1.22. The zero-order chi connectivity index (χ0) is 26.4. The van der Waals surface area contributed by atoms with Crippen LogP contribution in [0.3, 0.4) is 0 Å². The highest BCUT2D eigenvalue weighted by Gasteiger charge is 2.32. The molecule has 0 aliphatic rings. The summed E-state index contributed by atoms with van der Waals surface area (Å²) in [7, 11) is 0. The van der Waals surface area contributed by atoms with E-state index in [2.05, 4.69) is 15.5 Å². The molecule has 1 N–H and O–H groups in total. The normalized spacial score (nSPS) is 12.1.